The molecule has 1 aliphatic rings. The van der Waals surface area contributed by atoms with Crippen LogP contribution in [0.25, 0.3) is 11.3 Å². The molecule has 1 atom stereocenters. The molecule has 1 unspecified atom stereocenters. The highest BCUT2D eigenvalue weighted by Gasteiger charge is 2.50. The monoisotopic (exact) mass is 450 g/mol. The van der Waals surface area contributed by atoms with E-state index >= 15 is 0 Å². The van der Waals surface area contributed by atoms with Crippen LogP contribution >= 0.6 is 0 Å². The van der Waals surface area contributed by atoms with E-state index in [0.29, 0.717) is 4.48 Å². The lowest BCUT2D eigenvalue weighted by atomic mass is 9.87. The van der Waals surface area contributed by atoms with Gasteiger partial charge in [0, 0.05) is 11.1 Å². The maximum absolute atomic E-state index is 2.28. The first-order valence-corrected chi connectivity index (χ1v) is 12.3. The quantitative estimate of drug-likeness (QED) is 0.235. The lowest BCUT2D eigenvalue weighted by Gasteiger charge is -2.36. The van der Waals surface area contributed by atoms with Crippen molar-refractivity contribution >= 4 is 22.6 Å². The van der Waals surface area contributed by atoms with Crippen molar-refractivity contribution in [1.82, 2.24) is 4.48 Å². The molecule has 1 heteroatoms. The highest BCUT2D eigenvalue weighted by molar-refractivity contribution is 6.03. The average Bonchev–Trinajstić information content (AvgIpc) is 3.33. The SMILES string of the molecule is c1ccc(C2=C(c3ccccc3)[N+](c3ccccc3)(c3ccccc3)CC2c2ccccc2)cc1. The molecule has 168 valence electrons. The normalized spacial score (nSPS) is 16.9. The van der Waals surface area contributed by atoms with Crippen LogP contribution in [-0.2, 0) is 0 Å². The summed E-state index contributed by atoms with van der Waals surface area (Å²) < 4.78 is 0.676. The zero-order valence-electron chi connectivity index (χ0n) is 19.7. The third kappa shape index (κ3) is 3.71. The Morgan fingerprint density at radius 2 is 0.829 bits per heavy atom. The van der Waals surface area contributed by atoms with E-state index in [-0.39, 0.29) is 5.92 Å². The highest BCUT2D eigenvalue weighted by Crippen LogP contribution is 2.56. The van der Waals surface area contributed by atoms with E-state index in [1.54, 1.807) is 0 Å². The van der Waals surface area contributed by atoms with Crippen molar-refractivity contribution in [2.24, 2.45) is 0 Å². The van der Waals surface area contributed by atoms with Crippen molar-refractivity contribution in [3.8, 4) is 0 Å². The Hall–Kier alpha value is -4.20. The molecule has 5 aromatic carbocycles. The minimum atomic E-state index is 0.245. The summed E-state index contributed by atoms with van der Waals surface area (Å²) in [5.41, 5.74) is 9.21. The predicted octanol–water partition coefficient (Wildman–Crippen LogP) is 8.69. The van der Waals surface area contributed by atoms with Gasteiger partial charge in [-0.05, 0) is 47.5 Å². The van der Waals surface area contributed by atoms with E-state index in [4.69, 9.17) is 0 Å². The van der Waals surface area contributed by atoms with Crippen LogP contribution < -0.4 is 4.48 Å². The minimum Gasteiger partial charge on any atom is -0.225 e. The van der Waals surface area contributed by atoms with Crippen LogP contribution in [0.15, 0.2) is 152 Å². The molecule has 0 bridgehead atoms. The van der Waals surface area contributed by atoms with E-state index in [9.17, 15) is 0 Å². The van der Waals surface area contributed by atoms with E-state index in [2.05, 4.69) is 152 Å². The topological polar surface area (TPSA) is 0 Å². The molecule has 35 heavy (non-hydrogen) atoms. The van der Waals surface area contributed by atoms with Gasteiger partial charge in [0.2, 0.25) is 0 Å². The number of hydrogen-bond acceptors (Lipinski definition) is 0. The summed E-state index contributed by atoms with van der Waals surface area (Å²) in [6.07, 6.45) is 0. The number of quaternary nitrogens is 1. The van der Waals surface area contributed by atoms with Gasteiger partial charge >= 0.3 is 0 Å². The summed E-state index contributed by atoms with van der Waals surface area (Å²) >= 11 is 0. The molecular weight excluding hydrogens is 422 g/mol. The summed E-state index contributed by atoms with van der Waals surface area (Å²) in [4.78, 5) is 0. The first-order valence-electron chi connectivity index (χ1n) is 12.3. The largest absolute Gasteiger partial charge is 0.225 e. The van der Waals surface area contributed by atoms with Crippen molar-refractivity contribution in [3.05, 3.63) is 168 Å². The van der Waals surface area contributed by atoms with E-state index in [1.165, 1.54) is 39.3 Å². The van der Waals surface area contributed by atoms with Crippen molar-refractivity contribution in [1.29, 1.82) is 0 Å². The molecule has 0 radical (unpaired) electrons. The third-order valence-electron chi connectivity index (χ3n) is 7.17. The fourth-order valence-corrected chi connectivity index (χ4v) is 5.70. The highest BCUT2D eigenvalue weighted by atomic mass is 15.4. The van der Waals surface area contributed by atoms with Gasteiger partial charge in [-0.2, -0.15) is 0 Å². The predicted molar refractivity (Wildman–Crippen MR) is 148 cm³/mol. The fraction of sp³-hybridized carbons (Fsp3) is 0.0588. The Balaban J connectivity index is 1.76. The Morgan fingerprint density at radius 3 is 1.31 bits per heavy atom. The van der Waals surface area contributed by atoms with Gasteiger partial charge in [-0.3, -0.25) is 0 Å². The molecule has 1 heterocycles. The van der Waals surface area contributed by atoms with E-state index in [0.717, 1.165) is 6.54 Å². The van der Waals surface area contributed by atoms with Crippen molar-refractivity contribution in [2.45, 2.75) is 5.92 Å². The number of benzene rings is 5. The maximum Gasteiger partial charge on any atom is 0.155 e. The van der Waals surface area contributed by atoms with Gasteiger partial charge in [-0.15, -0.1) is 0 Å². The molecule has 0 saturated carbocycles. The Bertz CT molecular complexity index is 1380. The van der Waals surface area contributed by atoms with Crippen LogP contribution in [-0.4, -0.2) is 6.54 Å². The van der Waals surface area contributed by atoms with Gasteiger partial charge < -0.3 is 0 Å². The minimum absolute atomic E-state index is 0.245. The van der Waals surface area contributed by atoms with Crippen LogP contribution in [0.2, 0.25) is 0 Å². The average molecular weight is 451 g/mol. The van der Waals surface area contributed by atoms with Gasteiger partial charge in [0.05, 0.1) is 5.92 Å². The number of nitrogens with zero attached hydrogens (tertiary/aromatic N) is 1. The summed E-state index contributed by atoms with van der Waals surface area (Å²) in [6, 6.07) is 54.9. The second-order valence-corrected chi connectivity index (χ2v) is 9.12. The molecule has 1 aliphatic heterocycles. The molecule has 0 spiro atoms. The molecule has 5 aromatic rings. The van der Waals surface area contributed by atoms with Crippen LogP contribution in [0.1, 0.15) is 22.6 Å². The zero-order valence-corrected chi connectivity index (χ0v) is 19.7. The molecule has 0 saturated heterocycles. The van der Waals surface area contributed by atoms with Gasteiger partial charge in [-0.1, -0.05) is 115 Å². The number of rotatable bonds is 5. The van der Waals surface area contributed by atoms with Crippen molar-refractivity contribution in [3.63, 3.8) is 0 Å². The van der Waals surface area contributed by atoms with Crippen molar-refractivity contribution < 1.29 is 0 Å². The maximum atomic E-state index is 2.28. The zero-order chi connectivity index (χ0) is 23.5. The Morgan fingerprint density at radius 1 is 0.429 bits per heavy atom. The molecule has 1 nitrogen and oxygen atoms in total. The Labute approximate surface area is 207 Å². The summed E-state index contributed by atoms with van der Waals surface area (Å²) in [5.74, 6) is 0.245. The van der Waals surface area contributed by atoms with E-state index in [1.807, 2.05) is 0 Å². The van der Waals surface area contributed by atoms with E-state index < -0.39 is 0 Å². The van der Waals surface area contributed by atoms with Gasteiger partial charge in [-0.25, -0.2) is 4.48 Å². The van der Waals surface area contributed by atoms with Crippen LogP contribution in [0, 0.1) is 0 Å². The molecule has 6 rings (SSSR count). The van der Waals surface area contributed by atoms with Crippen LogP contribution in [0.5, 0.6) is 0 Å². The van der Waals surface area contributed by atoms with Gasteiger partial charge in [0.25, 0.3) is 0 Å². The molecule has 0 aromatic heterocycles. The third-order valence-corrected chi connectivity index (χ3v) is 7.17. The smallest absolute Gasteiger partial charge is 0.155 e. The number of para-hydroxylation sites is 2. The molecule has 0 amide bonds. The first-order chi connectivity index (χ1) is 17.4. The lowest BCUT2D eigenvalue weighted by molar-refractivity contribution is 0.537. The molecule has 0 fully saturated rings. The Kier molecular flexibility index (Phi) is 5.62. The molecule has 0 aliphatic carbocycles. The number of hydrogen-bond donors (Lipinski definition) is 0. The fourth-order valence-electron chi connectivity index (χ4n) is 5.70. The molecular formula is C34H28N+. The van der Waals surface area contributed by atoms with Gasteiger partial charge in [0.1, 0.15) is 17.9 Å². The molecule has 0 N–H and O–H groups in total. The van der Waals surface area contributed by atoms with Gasteiger partial charge in [0.15, 0.2) is 5.70 Å². The van der Waals surface area contributed by atoms with Crippen LogP contribution in [0.3, 0.4) is 0 Å². The summed E-state index contributed by atoms with van der Waals surface area (Å²) in [7, 11) is 0. The first kappa shape index (κ1) is 21.3. The second-order valence-electron chi connectivity index (χ2n) is 9.12. The lowest BCUT2D eigenvalue weighted by Crippen LogP contribution is -2.41. The second kappa shape index (κ2) is 9.21. The van der Waals surface area contributed by atoms with Crippen LogP contribution in [0.4, 0.5) is 11.4 Å². The standard InChI is InChI=1S/C34H28N/c1-6-16-27(17-7-1)32-26-35(30-22-12-4-13-23-30,31-24-14-5-15-25-31)34(29-20-10-3-11-21-29)33(32)28-18-8-2-9-19-28/h1-25,32H,26H2/q+1. The van der Waals surface area contributed by atoms with Crippen molar-refractivity contribution in [2.75, 3.05) is 6.54 Å². The summed E-state index contributed by atoms with van der Waals surface area (Å²) in [5, 5.41) is 0. The summed E-state index contributed by atoms with van der Waals surface area (Å²) in [6.45, 7) is 0.923.